The van der Waals surface area contributed by atoms with Crippen LogP contribution in [0.15, 0.2) is 24.3 Å². The summed E-state index contributed by atoms with van der Waals surface area (Å²) in [7, 11) is 0. The van der Waals surface area contributed by atoms with E-state index in [2.05, 4.69) is 43.4 Å². The second kappa shape index (κ2) is 7.51. The highest BCUT2D eigenvalue weighted by molar-refractivity contribution is 5.29. The molecule has 0 aliphatic carbocycles. The lowest BCUT2D eigenvalue weighted by atomic mass is 9.92. The van der Waals surface area contributed by atoms with Gasteiger partial charge in [-0.3, -0.25) is 0 Å². The van der Waals surface area contributed by atoms with Gasteiger partial charge in [0.15, 0.2) is 0 Å². The molecule has 3 heteroatoms. The molecular weight excluding hydrogens is 238 g/mol. The van der Waals surface area contributed by atoms with Crippen LogP contribution in [0.4, 0.5) is 0 Å². The zero-order chi connectivity index (χ0) is 13.5. The fourth-order valence-corrected chi connectivity index (χ4v) is 2.58. The normalized spacial score (nSPS) is 20.4. The highest BCUT2D eigenvalue weighted by Crippen LogP contribution is 2.29. The van der Waals surface area contributed by atoms with Crippen LogP contribution < -0.4 is 10.1 Å². The Morgan fingerprint density at radius 3 is 2.68 bits per heavy atom. The summed E-state index contributed by atoms with van der Waals surface area (Å²) in [5.41, 5.74) is 1.33. The molecule has 0 aromatic heterocycles. The molecule has 106 valence electrons. The quantitative estimate of drug-likeness (QED) is 0.819. The lowest BCUT2D eigenvalue weighted by Crippen LogP contribution is -2.28. The minimum atomic E-state index is 0.396. The van der Waals surface area contributed by atoms with Gasteiger partial charge in [0.1, 0.15) is 5.75 Å². The van der Waals surface area contributed by atoms with E-state index in [1.54, 1.807) is 0 Å². The summed E-state index contributed by atoms with van der Waals surface area (Å²) in [5.74, 6) is 1.55. The van der Waals surface area contributed by atoms with Gasteiger partial charge >= 0.3 is 0 Å². The van der Waals surface area contributed by atoms with Crippen LogP contribution in [0.3, 0.4) is 0 Å². The van der Waals surface area contributed by atoms with E-state index in [0.717, 1.165) is 45.0 Å². The van der Waals surface area contributed by atoms with E-state index in [-0.39, 0.29) is 0 Å². The predicted molar refractivity (Wildman–Crippen MR) is 77.6 cm³/mol. The minimum absolute atomic E-state index is 0.396. The Labute approximate surface area is 116 Å². The van der Waals surface area contributed by atoms with Gasteiger partial charge in [-0.05, 0) is 37.1 Å². The lowest BCUT2D eigenvalue weighted by Gasteiger charge is -2.24. The number of nitrogens with one attached hydrogen (secondary N) is 1. The van der Waals surface area contributed by atoms with Gasteiger partial charge in [0, 0.05) is 18.6 Å². The molecule has 0 saturated carbocycles. The maximum Gasteiger partial charge on any atom is 0.119 e. The van der Waals surface area contributed by atoms with Crippen molar-refractivity contribution in [2.75, 3.05) is 26.4 Å². The summed E-state index contributed by atoms with van der Waals surface area (Å²) >= 11 is 0. The summed E-state index contributed by atoms with van der Waals surface area (Å²) in [4.78, 5) is 0. The SMILES string of the molecule is CCCOc1ccc(C(NCC)C2CCOC2)cc1. The average Bonchev–Trinajstić information content (AvgIpc) is 2.97. The van der Waals surface area contributed by atoms with Crippen LogP contribution in [0.2, 0.25) is 0 Å². The smallest absolute Gasteiger partial charge is 0.119 e. The van der Waals surface area contributed by atoms with Gasteiger partial charge in [0.25, 0.3) is 0 Å². The molecule has 0 radical (unpaired) electrons. The molecule has 0 amide bonds. The van der Waals surface area contributed by atoms with E-state index in [1.807, 2.05) is 0 Å². The predicted octanol–water partition coefficient (Wildman–Crippen LogP) is 3.16. The third-order valence-electron chi connectivity index (χ3n) is 3.57. The molecule has 1 saturated heterocycles. The highest BCUT2D eigenvalue weighted by atomic mass is 16.5. The number of rotatable bonds is 7. The van der Waals surface area contributed by atoms with Crippen molar-refractivity contribution >= 4 is 0 Å². The Balaban J connectivity index is 2.03. The van der Waals surface area contributed by atoms with Crippen molar-refractivity contribution in [2.45, 2.75) is 32.7 Å². The first kappa shape index (κ1) is 14.4. The summed E-state index contributed by atoms with van der Waals surface area (Å²) in [6, 6.07) is 8.90. The second-order valence-corrected chi connectivity index (χ2v) is 5.08. The van der Waals surface area contributed by atoms with E-state index in [1.165, 1.54) is 5.56 Å². The largest absolute Gasteiger partial charge is 0.494 e. The highest BCUT2D eigenvalue weighted by Gasteiger charge is 2.26. The molecule has 19 heavy (non-hydrogen) atoms. The topological polar surface area (TPSA) is 30.5 Å². The average molecular weight is 263 g/mol. The standard InChI is InChI=1S/C16H25NO2/c1-3-10-19-15-7-5-13(6-8-15)16(17-4-2)14-9-11-18-12-14/h5-8,14,16-17H,3-4,9-12H2,1-2H3. The Morgan fingerprint density at radius 1 is 1.32 bits per heavy atom. The molecule has 2 unspecified atom stereocenters. The number of hydrogen-bond donors (Lipinski definition) is 1. The minimum Gasteiger partial charge on any atom is -0.494 e. The molecule has 2 rings (SSSR count). The first-order chi connectivity index (χ1) is 9.35. The van der Waals surface area contributed by atoms with Gasteiger partial charge in [-0.2, -0.15) is 0 Å². The Hall–Kier alpha value is -1.06. The molecule has 3 nitrogen and oxygen atoms in total. The van der Waals surface area contributed by atoms with Crippen molar-refractivity contribution in [1.29, 1.82) is 0 Å². The van der Waals surface area contributed by atoms with E-state index >= 15 is 0 Å². The van der Waals surface area contributed by atoms with Crippen LogP contribution in [0.1, 0.15) is 38.3 Å². The molecule has 1 aliphatic rings. The van der Waals surface area contributed by atoms with E-state index < -0.39 is 0 Å². The molecule has 0 bridgehead atoms. The molecule has 1 N–H and O–H groups in total. The summed E-state index contributed by atoms with van der Waals surface area (Å²) in [5, 5.41) is 3.58. The van der Waals surface area contributed by atoms with Crippen molar-refractivity contribution in [3.63, 3.8) is 0 Å². The van der Waals surface area contributed by atoms with E-state index in [9.17, 15) is 0 Å². The van der Waals surface area contributed by atoms with Crippen molar-refractivity contribution in [3.8, 4) is 5.75 Å². The van der Waals surface area contributed by atoms with Crippen LogP contribution in [0.5, 0.6) is 5.75 Å². The van der Waals surface area contributed by atoms with Crippen LogP contribution in [-0.4, -0.2) is 26.4 Å². The van der Waals surface area contributed by atoms with Gasteiger partial charge in [0.2, 0.25) is 0 Å². The van der Waals surface area contributed by atoms with Gasteiger partial charge in [0.05, 0.1) is 13.2 Å². The summed E-state index contributed by atoms with van der Waals surface area (Å²) in [6.45, 7) is 7.80. The van der Waals surface area contributed by atoms with E-state index in [4.69, 9.17) is 9.47 Å². The zero-order valence-electron chi connectivity index (χ0n) is 12.0. The molecule has 1 aromatic carbocycles. The van der Waals surface area contributed by atoms with Crippen molar-refractivity contribution in [1.82, 2.24) is 5.32 Å². The fourth-order valence-electron chi connectivity index (χ4n) is 2.58. The Bertz CT molecular complexity index is 358. The molecule has 1 fully saturated rings. The summed E-state index contributed by atoms with van der Waals surface area (Å²) < 4.78 is 11.1. The zero-order valence-corrected chi connectivity index (χ0v) is 12.0. The maximum absolute atomic E-state index is 5.63. The number of hydrogen-bond acceptors (Lipinski definition) is 3. The van der Waals surface area contributed by atoms with Crippen LogP contribution >= 0.6 is 0 Å². The van der Waals surface area contributed by atoms with E-state index in [0.29, 0.717) is 12.0 Å². The van der Waals surface area contributed by atoms with Crippen molar-refractivity contribution in [2.24, 2.45) is 5.92 Å². The molecule has 2 atom stereocenters. The van der Waals surface area contributed by atoms with Crippen molar-refractivity contribution in [3.05, 3.63) is 29.8 Å². The Kier molecular flexibility index (Phi) is 5.67. The summed E-state index contributed by atoms with van der Waals surface area (Å²) in [6.07, 6.45) is 2.19. The van der Waals surface area contributed by atoms with Crippen LogP contribution in [0, 0.1) is 5.92 Å². The lowest BCUT2D eigenvalue weighted by molar-refractivity contribution is 0.177. The van der Waals surface area contributed by atoms with Crippen molar-refractivity contribution < 1.29 is 9.47 Å². The second-order valence-electron chi connectivity index (χ2n) is 5.08. The third kappa shape index (κ3) is 3.95. The maximum atomic E-state index is 5.63. The Morgan fingerprint density at radius 2 is 2.11 bits per heavy atom. The molecular formula is C16H25NO2. The molecule has 0 spiro atoms. The van der Waals surface area contributed by atoms with Crippen LogP contribution in [-0.2, 0) is 4.74 Å². The monoisotopic (exact) mass is 263 g/mol. The van der Waals surface area contributed by atoms with Gasteiger partial charge in [-0.1, -0.05) is 26.0 Å². The van der Waals surface area contributed by atoms with Gasteiger partial charge in [-0.25, -0.2) is 0 Å². The first-order valence-electron chi connectivity index (χ1n) is 7.39. The molecule has 1 heterocycles. The van der Waals surface area contributed by atoms with Gasteiger partial charge in [-0.15, -0.1) is 0 Å². The third-order valence-corrected chi connectivity index (χ3v) is 3.57. The molecule has 1 aliphatic heterocycles. The fraction of sp³-hybridized carbons (Fsp3) is 0.625. The first-order valence-corrected chi connectivity index (χ1v) is 7.39. The molecule has 1 aromatic rings. The van der Waals surface area contributed by atoms with Gasteiger partial charge < -0.3 is 14.8 Å². The van der Waals surface area contributed by atoms with Crippen LogP contribution in [0.25, 0.3) is 0 Å². The number of ether oxygens (including phenoxy) is 2. The number of benzene rings is 1.